The summed E-state index contributed by atoms with van der Waals surface area (Å²) >= 11 is 10.9. The lowest BCUT2D eigenvalue weighted by Crippen LogP contribution is -2.16. The molecule has 0 radical (unpaired) electrons. The summed E-state index contributed by atoms with van der Waals surface area (Å²) in [7, 11) is 0. The van der Waals surface area contributed by atoms with Gasteiger partial charge in [-0.25, -0.2) is 0 Å². The average molecular weight is 543 g/mol. The molecular weight excluding hydrogens is 522 g/mol. The van der Waals surface area contributed by atoms with Crippen molar-refractivity contribution in [1.29, 1.82) is 0 Å². The monoisotopic (exact) mass is 541 g/mol. The van der Waals surface area contributed by atoms with E-state index in [2.05, 4.69) is 36.8 Å². The summed E-state index contributed by atoms with van der Waals surface area (Å²) in [4.78, 5) is 12.5. The van der Waals surface area contributed by atoms with Crippen molar-refractivity contribution in [1.82, 2.24) is 14.8 Å². The van der Waals surface area contributed by atoms with Crippen molar-refractivity contribution < 1.29 is 4.79 Å². The highest BCUT2D eigenvalue weighted by Gasteiger charge is 2.20. The van der Waals surface area contributed by atoms with Gasteiger partial charge in [0.25, 0.3) is 0 Å². The Bertz CT molecular complexity index is 1230. The van der Waals surface area contributed by atoms with Gasteiger partial charge in [0.1, 0.15) is 0 Å². The summed E-state index contributed by atoms with van der Waals surface area (Å²) < 4.78 is 2.99. The Kier molecular flexibility index (Phi) is 7.69. The lowest BCUT2D eigenvalue weighted by atomic mass is 10.2. The number of thioether (sulfide) groups is 1. The van der Waals surface area contributed by atoms with E-state index >= 15 is 0 Å². The van der Waals surface area contributed by atoms with Crippen molar-refractivity contribution in [2.45, 2.75) is 18.1 Å². The molecular formula is C24H21BrClN5OS. The number of carbonyl (C=O) groups excluding carboxylic acids is 1. The van der Waals surface area contributed by atoms with E-state index < -0.39 is 0 Å². The average Bonchev–Trinajstić information content (AvgIpc) is 3.25. The van der Waals surface area contributed by atoms with Gasteiger partial charge < -0.3 is 10.6 Å². The van der Waals surface area contributed by atoms with Crippen LogP contribution < -0.4 is 10.6 Å². The zero-order valence-corrected chi connectivity index (χ0v) is 20.9. The quantitative estimate of drug-likeness (QED) is 0.246. The molecule has 1 aromatic heterocycles. The van der Waals surface area contributed by atoms with Gasteiger partial charge in [-0.15, -0.1) is 10.2 Å². The van der Waals surface area contributed by atoms with Crippen molar-refractivity contribution in [2.24, 2.45) is 0 Å². The first-order chi connectivity index (χ1) is 16.0. The topological polar surface area (TPSA) is 71.8 Å². The number of carbonyl (C=O) groups is 1. The Labute approximate surface area is 209 Å². The van der Waals surface area contributed by atoms with Crippen molar-refractivity contribution in [3.05, 3.63) is 94.2 Å². The second-order valence-electron chi connectivity index (χ2n) is 7.20. The number of hydrogen-bond donors (Lipinski definition) is 2. The second-order valence-corrected chi connectivity index (χ2v) is 9.47. The van der Waals surface area contributed by atoms with Crippen LogP contribution in [0.4, 0.5) is 11.4 Å². The fourth-order valence-electron chi connectivity index (χ4n) is 3.21. The van der Waals surface area contributed by atoms with E-state index in [-0.39, 0.29) is 17.7 Å². The highest BCUT2D eigenvalue weighted by molar-refractivity contribution is 9.10. The number of anilines is 2. The molecule has 0 unspecified atom stereocenters. The first-order valence-corrected chi connectivity index (χ1v) is 12.4. The van der Waals surface area contributed by atoms with Crippen molar-refractivity contribution in [3.63, 3.8) is 0 Å². The number of hydrogen-bond acceptors (Lipinski definition) is 5. The summed E-state index contributed by atoms with van der Waals surface area (Å²) in [5.41, 5.74) is 2.49. The standard InChI is InChI=1S/C24H21BrClN5OS/c1-16(27-18-13-11-17(25)12-14-18)23-29-30-24(31(23)19-7-3-2-4-8-19)33-15-22(32)28-21-10-6-5-9-20(21)26/h2-14,16,27H,15H2,1H3,(H,28,32)/t16-/m1/s1. The Morgan fingerprint density at radius 1 is 1.03 bits per heavy atom. The van der Waals surface area contributed by atoms with Crippen molar-refractivity contribution in [2.75, 3.05) is 16.4 Å². The first-order valence-electron chi connectivity index (χ1n) is 10.2. The number of halogens is 2. The Morgan fingerprint density at radius 3 is 2.45 bits per heavy atom. The predicted octanol–water partition coefficient (Wildman–Crippen LogP) is 6.59. The van der Waals surface area contributed by atoms with Crippen LogP contribution in [0, 0.1) is 0 Å². The van der Waals surface area contributed by atoms with Crippen LogP contribution in [-0.2, 0) is 4.79 Å². The minimum Gasteiger partial charge on any atom is -0.375 e. The maximum absolute atomic E-state index is 12.5. The molecule has 2 N–H and O–H groups in total. The van der Waals surface area contributed by atoms with E-state index in [9.17, 15) is 4.79 Å². The summed E-state index contributed by atoms with van der Waals surface area (Å²) in [5, 5.41) is 16.3. The second kappa shape index (κ2) is 10.9. The summed E-state index contributed by atoms with van der Waals surface area (Å²) in [6.45, 7) is 2.03. The molecule has 33 heavy (non-hydrogen) atoms. The molecule has 1 atom stereocenters. The van der Waals surface area contributed by atoms with E-state index in [1.165, 1.54) is 11.8 Å². The molecule has 6 nitrogen and oxygen atoms in total. The van der Waals surface area contributed by atoms with Gasteiger partial charge in [0.2, 0.25) is 5.91 Å². The van der Waals surface area contributed by atoms with E-state index in [4.69, 9.17) is 11.6 Å². The van der Waals surface area contributed by atoms with E-state index in [1.807, 2.05) is 78.2 Å². The summed E-state index contributed by atoms with van der Waals surface area (Å²) in [5.74, 6) is 0.751. The molecule has 1 heterocycles. The number of para-hydroxylation sites is 2. The third kappa shape index (κ3) is 5.96. The van der Waals surface area contributed by atoms with Gasteiger partial charge in [0, 0.05) is 15.8 Å². The van der Waals surface area contributed by atoms with Crippen LogP contribution >= 0.6 is 39.3 Å². The highest BCUT2D eigenvalue weighted by Crippen LogP contribution is 2.28. The maximum Gasteiger partial charge on any atom is 0.234 e. The van der Waals surface area contributed by atoms with Gasteiger partial charge in [-0.3, -0.25) is 9.36 Å². The number of benzene rings is 3. The van der Waals surface area contributed by atoms with Crippen LogP contribution in [0.2, 0.25) is 5.02 Å². The molecule has 0 spiro atoms. The molecule has 0 aliphatic carbocycles. The smallest absolute Gasteiger partial charge is 0.234 e. The van der Waals surface area contributed by atoms with Crippen molar-refractivity contribution in [3.8, 4) is 5.69 Å². The zero-order valence-electron chi connectivity index (χ0n) is 17.7. The SMILES string of the molecule is C[C@@H](Nc1ccc(Br)cc1)c1nnc(SCC(=O)Nc2ccccc2Cl)n1-c1ccccc1. The lowest BCUT2D eigenvalue weighted by molar-refractivity contribution is -0.113. The van der Waals surface area contributed by atoms with E-state index in [0.717, 1.165) is 21.7 Å². The molecule has 0 saturated carbocycles. The van der Waals surface area contributed by atoms with E-state index in [0.29, 0.717) is 15.9 Å². The van der Waals surface area contributed by atoms with Crippen LogP contribution in [0.3, 0.4) is 0 Å². The predicted molar refractivity (Wildman–Crippen MR) is 138 cm³/mol. The zero-order chi connectivity index (χ0) is 23.2. The lowest BCUT2D eigenvalue weighted by Gasteiger charge is -2.17. The molecule has 4 rings (SSSR count). The summed E-state index contributed by atoms with van der Waals surface area (Å²) in [6.07, 6.45) is 0. The Hall–Kier alpha value is -2.81. The van der Waals surface area contributed by atoms with Crippen LogP contribution in [0.5, 0.6) is 0 Å². The van der Waals surface area contributed by atoms with Gasteiger partial charge >= 0.3 is 0 Å². The maximum atomic E-state index is 12.5. The Morgan fingerprint density at radius 2 is 1.73 bits per heavy atom. The fourth-order valence-corrected chi connectivity index (χ4v) is 4.42. The van der Waals surface area contributed by atoms with Crippen LogP contribution in [0.15, 0.2) is 88.5 Å². The largest absolute Gasteiger partial charge is 0.375 e. The molecule has 0 fully saturated rings. The molecule has 9 heteroatoms. The summed E-state index contributed by atoms with van der Waals surface area (Å²) in [6, 6.07) is 24.9. The number of nitrogens with one attached hydrogen (secondary N) is 2. The van der Waals surface area contributed by atoms with Crippen molar-refractivity contribution >= 4 is 56.6 Å². The van der Waals surface area contributed by atoms with Gasteiger partial charge in [-0.05, 0) is 55.5 Å². The number of rotatable bonds is 8. The number of aromatic nitrogens is 3. The molecule has 3 aromatic carbocycles. The van der Waals surface area contributed by atoms with Crippen LogP contribution in [-0.4, -0.2) is 26.4 Å². The van der Waals surface area contributed by atoms with Gasteiger partial charge in [0.15, 0.2) is 11.0 Å². The fraction of sp³-hybridized carbons (Fsp3) is 0.125. The molecule has 168 valence electrons. The Balaban J connectivity index is 1.54. The van der Waals surface area contributed by atoms with Crippen LogP contribution in [0.25, 0.3) is 5.69 Å². The normalized spacial score (nSPS) is 11.7. The molecule has 0 bridgehead atoms. The molecule has 0 saturated heterocycles. The van der Waals surface area contributed by atoms with Gasteiger partial charge in [0.05, 0.1) is 22.5 Å². The molecule has 4 aromatic rings. The third-order valence-electron chi connectivity index (χ3n) is 4.77. The van der Waals surface area contributed by atoms with E-state index in [1.54, 1.807) is 12.1 Å². The van der Waals surface area contributed by atoms with Gasteiger partial charge in [-0.2, -0.15) is 0 Å². The third-order valence-corrected chi connectivity index (χ3v) is 6.55. The van der Waals surface area contributed by atoms with Crippen LogP contribution in [0.1, 0.15) is 18.8 Å². The molecule has 0 aliphatic heterocycles. The molecule has 0 aliphatic rings. The highest BCUT2D eigenvalue weighted by atomic mass is 79.9. The van der Waals surface area contributed by atoms with Gasteiger partial charge in [-0.1, -0.05) is 69.6 Å². The number of nitrogens with zero attached hydrogens (tertiary/aromatic N) is 3. The number of amides is 1. The first kappa shape index (κ1) is 23.4. The minimum atomic E-state index is -0.168. The molecule has 1 amide bonds. The minimum absolute atomic E-state index is 0.120.